The third-order valence-corrected chi connectivity index (χ3v) is 6.85. The number of aryl methyl sites for hydroxylation is 3. The van der Waals surface area contributed by atoms with Crippen LogP contribution in [0.3, 0.4) is 0 Å². The van der Waals surface area contributed by atoms with Crippen LogP contribution in [0.15, 0.2) is 12.1 Å². The molecule has 0 spiro atoms. The maximum Gasteiger partial charge on any atom is 0.229 e. The largest absolute Gasteiger partial charge is 0.338 e. The SMILES string of the molecule is Cc1cc(C)c(NC(=O)C2CC(=O)N(C3CCS(=O)(=O)C3)C2)c(C)c1. The van der Waals surface area contributed by atoms with Crippen LogP contribution in [-0.2, 0) is 19.4 Å². The van der Waals surface area contributed by atoms with Crippen LogP contribution in [0.25, 0.3) is 0 Å². The molecule has 2 heterocycles. The molecule has 2 aliphatic rings. The molecular weight excluding hydrogens is 340 g/mol. The first-order chi connectivity index (χ1) is 11.7. The molecule has 2 amide bonds. The second-order valence-electron chi connectivity index (χ2n) is 7.27. The number of nitrogens with one attached hydrogen (secondary N) is 1. The van der Waals surface area contributed by atoms with Gasteiger partial charge in [0, 0.05) is 24.7 Å². The number of amides is 2. The van der Waals surface area contributed by atoms with E-state index < -0.39 is 15.8 Å². The fourth-order valence-corrected chi connectivity index (χ4v) is 5.61. The number of sulfone groups is 1. The van der Waals surface area contributed by atoms with Gasteiger partial charge in [0.25, 0.3) is 0 Å². The molecule has 6 nitrogen and oxygen atoms in total. The number of nitrogens with zero attached hydrogens (tertiary/aromatic N) is 1. The van der Waals surface area contributed by atoms with Crippen LogP contribution in [0, 0.1) is 26.7 Å². The van der Waals surface area contributed by atoms with Gasteiger partial charge in [0.1, 0.15) is 0 Å². The van der Waals surface area contributed by atoms with Crippen LogP contribution in [0.1, 0.15) is 29.5 Å². The Hall–Kier alpha value is -1.89. The summed E-state index contributed by atoms with van der Waals surface area (Å²) in [5, 5.41) is 2.96. The first kappa shape index (κ1) is 17.9. The Morgan fingerprint density at radius 2 is 1.84 bits per heavy atom. The second-order valence-corrected chi connectivity index (χ2v) is 9.50. The lowest BCUT2D eigenvalue weighted by Crippen LogP contribution is -2.38. The minimum atomic E-state index is -3.05. The van der Waals surface area contributed by atoms with Gasteiger partial charge in [0.05, 0.1) is 17.4 Å². The Labute approximate surface area is 148 Å². The highest BCUT2D eigenvalue weighted by Gasteiger charge is 2.42. The van der Waals surface area contributed by atoms with Crippen molar-refractivity contribution in [1.29, 1.82) is 0 Å². The monoisotopic (exact) mass is 364 g/mol. The van der Waals surface area contributed by atoms with Gasteiger partial charge in [0.15, 0.2) is 9.84 Å². The van der Waals surface area contributed by atoms with Crippen LogP contribution in [0.5, 0.6) is 0 Å². The van der Waals surface area contributed by atoms with E-state index in [4.69, 9.17) is 0 Å². The molecular formula is C18H24N2O4S. The zero-order chi connectivity index (χ0) is 18.4. The summed E-state index contributed by atoms with van der Waals surface area (Å²) in [4.78, 5) is 26.5. The molecule has 7 heteroatoms. The zero-order valence-corrected chi connectivity index (χ0v) is 15.6. The van der Waals surface area contributed by atoms with E-state index in [0.717, 1.165) is 22.4 Å². The van der Waals surface area contributed by atoms with Crippen LogP contribution >= 0.6 is 0 Å². The van der Waals surface area contributed by atoms with Crippen molar-refractivity contribution in [1.82, 2.24) is 4.90 Å². The van der Waals surface area contributed by atoms with Crippen LogP contribution in [0.2, 0.25) is 0 Å². The summed E-state index contributed by atoms with van der Waals surface area (Å²) < 4.78 is 23.3. The maximum absolute atomic E-state index is 12.6. The molecule has 2 saturated heterocycles. The van der Waals surface area contributed by atoms with Crippen molar-refractivity contribution >= 4 is 27.3 Å². The van der Waals surface area contributed by atoms with Crippen LogP contribution in [0.4, 0.5) is 5.69 Å². The number of hydrogen-bond donors (Lipinski definition) is 1. The summed E-state index contributed by atoms with van der Waals surface area (Å²) in [6.07, 6.45) is 0.616. The average Bonchev–Trinajstić information content (AvgIpc) is 3.05. The highest BCUT2D eigenvalue weighted by molar-refractivity contribution is 7.91. The number of hydrogen-bond acceptors (Lipinski definition) is 4. The normalized spacial score (nSPS) is 25.4. The lowest BCUT2D eigenvalue weighted by molar-refractivity contribution is -0.129. The van der Waals surface area contributed by atoms with Crippen molar-refractivity contribution in [2.45, 2.75) is 39.7 Å². The number of carbonyl (C=O) groups is 2. The van der Waals surface area contributed by atoms with Crippen LogP contribution < -0.4 is 5.32 Å². The van der Waals surface area contributed by atoms with Gasteiger partial charge in [0.2, 0.25) is 11.8 Å². The summed E-state index contributed by atoms with van der Waals surface area (Å²) in [7, 11) is -3.05. The zero-order valence-electron chi connectivity index (χ0n) is 14.8. The highest BCUT2D eigenvalue weighted by Crippen LogP contribution is 2.28. The Balaban J connectivity index is 1.69. The molecule has 2 atom stereocenters. The van der Waals surface area contributed by atoms with Gasteiger partial charge in [-0.2, -0.15) is 0 Å². The van der Waals surface area contributed by atoms with Crippen molar-refractivity contribution < 1.29 is 18.0 Å². The van der Waals surface area contributed by atoms with E-state index in [1.807, 2.05) is 32.9 Å². The van der Waals surface area contributed by atoms with Crippen molar-refractivity contribution in [3.63, 3.8) is 0 Å². The van der Waals surface area contributed by atoms with Crippen molar-refractivity contribution in [3.05, 3.63) is 28.8 Å². The molecule has 0 aromatic heterocycles. The molecule has 2 aliphatic heterocycles. The summed E-state index contributed by atoms with van der Waals surface area (Å²) >= 11 is 0. The summed E-state index contributed by atoms with van der Waals surface area (Å²) in [6.45, 7) is 6.21. The Morgan fingerprint density at radius 3 is 2.40 bits per heavy atom. The average molecular weight is 364 g/mol. The van der Waals surface area contributed by atoms with E-state index in [1.54, 1.807) is 4.90 Å². The molecule has 0 bridgehead atoms. The van der Waals surface area contributed by atoms with Gasteiger partial charge < -0.3 is 10.2 Å². The predicted molar refractivity (Wildman–Crippen MR) is 96.2 cm³/mol. The third-order valence-electron chi connectivity index (χ3n) is 5.10. The van der Waals surface area contributed by atoms with E-state index in [9.17, 15) is 18.0 Å². The molecule has 136 valence electrons. The lowest BCUT2D eigenvalue weighted by atomic mass is 10.0. The molecule has 25 heavy (non-hydrogen) atoms. The Bertz CT molecular complexity index is 808. The molecule has 0 saturated carbocycles. The molecule has 0 aliphatic carbocycles. The topological polar surface area (TPSA) is 83.6 Å². The molecule has 1 N–H and O–H groups in total. The minimum absolute atomic E-state index is 0.0171. The van der Waals surface area contributed by atoms with E-state index in [2.05, 4.69) is 5.32 Å². The van der Waals surface area contributed by atoms with Crippen LogP contribution in [-0.4, -0.2) is 49.2 Å². The fourth-order valence-electron chi connectivity index (χ4n) is 3.88. The molecule has 2 fully saturated rings. The first-order valence-electron chi connectivity index (χ1n) is 8.55. The highest BCUT2D eigenvalue weighted by atomic mass is 32.2. The number of likely N-dealkylation sites (tertiary alicyclic amines) is 1. The predicted octanol–water partition coefficient (Wildman–Crippen LogP) is 1.59. The van der Waals surface area contributed by atoms with E-state index in [0.29, 0.717) is 13.0 Å². The van der Waals surface area contributed by atoms with E-state index in [-0.39, 0.29) is 35.8 Å². The van der Waals surface area contributed by atoms with Gasteiger partial charge in [-0.3, -0.25) is 9.59 Å². The maximum atomic E-state index is 12.6. The third kappa shape index (κ3) is 3.71. The summed E-state index contributed by atoms with van der Waals surface area (Å²) in [5.74, 6) is -0.592. The van der Waals surface area contributed by atoms with Gasteiger partial charge in [-0.15, -0.1) is 0 Å². The second kappa shape index (κ2) is 6.44. The van der Waals surface area contributed by atoms with Crippen molar-refractivity contribution in [3.8, 4) is 0 Å². The molecule has 3 rings (SSSR count). The molecule has 2 unspecified atom stereocenters. The number of anilines is 1. The smallest absolute Gasteiger partial charge is 0.229 e. The van der Waals surface area contributed by atoms with Crippen molar-refractivity contribution in [2.75, 3.05) is 23.4 Å². The quantitative estimate of drug-likeness (QED) is 0.883. The summed E-state index contributed by atoms with van der Waals surface area (Å²) in [5.41, 5.74) is 3.92. The van der Waals surface area contributed by atoms with Gasteiger partial charge in [-0.25, -0.2) is 8.42 Å². The van der Waals surface area contributed by atoms with Gasteiger partial charge in [-0.05, 0) is 38.3 Å². The molecule has 1 aromatic carbocycles. The summed E-state index contributed by atoms with van der Waals surface area (Å²) in [6, 6.07) is 3.74. The Morgan fingerprint density at radius 1 is 1.20 bits per heavy atom. The van der Waals surface area contributed by atoms with Gasteiger partial charge in [-0.1, -0.05) is 17.7 Å². The molecule has 0 radical (unpaired) electrons. The first-order valence-corrected chi connectivity index (χ1v) is 10.4. The number of benzene rings is 1. The van der Waals surface area contributed by atoms with Crippen molar-refractivity contribution in [2.24, 2.45) is 5.92 Å². The van der Waals surface area contributed by atoms with E-state index >= 15 is 0 Å². The number of carbonyl (C=O) groups excluding carboxylic acids is 2. The fraction of sp³-hybridized carbons (Fsp3) is 0.556. The molecule has 1 aromatic rings. The van der Waals surface area contributed by atoms with Gasteiger partial charge >= 0.3 is 0 Å². The van der Waals surface area contributed by atoms with E-state index in [1.165, 1.54) is 0 Å². The minimum Gasteiger partial charge on any atom is -0.338 e. The number of rotatable bonds is 3. The standard InChI is InChI=1S/C18H24N2O4S/c1-11-6-12(2)17(13(3)7-11)19-18(22)14-8-16(21)20(9-14)15-4-5-25(23,24)10-15/h6-7,14-15H,4-5,8-10H2,1-3H3,(H,19,22). The lowest BCUT2D eigenvalue weighted by Gasteiger charge is -2.23. The Kier molecular flexibility index (Phi) is 4.62.